The largest absolute Gasteiger partial charge is 0.385 e. The van der Waals surface area contributed by atoms with Gasteiger partial charge in [0.05, 0.1) is 0 Å². The molecule has 0 aromatic heterocycles. The van der Waals surface area contributed by atoms with E-state index in [4.69, 9.17) is 0 Å². The van der Waals surface area contributed by atoms with E-state index in [9.17, 15) is 0 Å². The third kappa shape index (κ3) is 5.54. The van der Waals surface area contributed by atoms with Crippen molar-refractivity contribution in [3.63, 3.8) is 0 Å². The number of rotatable bonds is 5. The van der Waals surface area contributed by atoms with Crippen LogP contribution in [0.15, 0.2) is 78.4 Å². The van der Waals surface area contributed by atoms with Crippen LogP contribution in [0.4, 0.5) is 5.69 Å². The molecule has 0 saturated carbocycles. The highest BCUT2D eigenvalue weighted by molar-refractivity contribution is 5.86. The van der Waals surface area contributed by atoms with Crippen molar-refractivity contribution in [2.45, 2.75) is 58.3 Å². The van der Waals surface area contributed by atoms with Gasteiger partial charge in [0, 0.05) is 25.3 Å². The fourth-order valence-electron chi connectivity index (χ4n) is 5.68. The number of benzene rings is 3. The van der Waals surface area contributed by atoms with Gasteiger partial charge in [0.15, 0.2) is 0 Å². The molecular formula is C33H40N2. The van der Waals surface area contributed by atoms with Gasteiger partial charge in [-0.3, -0.25) is 0 Å². The van der Waals surface area contributed by atoms with E-state index in [0.717, 1.165) is 19.4 Å². The second-order valence-corrected chi connectivity index (χ2v) is 11.2. The maximum absolute atomic E-state index is 3.62. The summed E-state index contributed by atoms with van der Waals surface area (Å²) in [4.78, 5) is 2.66. The Hall–Kier alpha value is -2.84. The van der Waals surface area contributed by atoms with Crippen LogP contribution >= 0.6 is 0 Å². The standard InChI is InChI=1S/C33H40N2/c1-33(2,3)28-15-17-29(18-16-28)34-21-8-22-35-23-19-27(20-24-35)32-30-11-6-4-9-25(30)13-14-26-10-5-7-12-31(26)32/h4-7,9-12,15-18,34H,8,13-14,19-24H2,1-3H3. The van der Waals surface area contributed by atoms with Gasteiger partial charge in [-0.15, -0.1) is 0 Å². The Labute approximate surface area is 212 Å². The van der Waals surface area contributed by atoms with Gasteiger partial charge in [0.25, 0.3) is 0 Å². The van der Waals surface area contributed by atoms with E-state index in [0.29, 0.717) is 0 Å². The molecule has 3 aromatic carbocycles. The highest BCUT2D eigenvalue weighted by Gasteiger charge is 2.23. The van der Waals surface area contributed by atoms with Crippen LogP contribution in [0.3, 0.4) is 0 Å². The van der Waals surface area contributed by atoms with Crippen LogP contribution in [0.25, 0.3) is 5.57 Å². The van der Waals surface area contributed by atoms with E-state index in [1.165, 1.54) is 78.0 Å². The molecule has 0 unspecified atom stereocenters. The predicted molar refractivity (Wildman–Crippen MR) is 150 cm³/mol. The van der Waals surface area contributed by atoms with Crippen LogP contribution < -0.4 is 5.32 Å². The van der Waals surface area contributed by atoms with Gasteiger partial charge in [-0.1, -0.05) is 87.0 Å². The Balaban J connectivity index is 1.20. The van der Waals surface area contributed by atoms with Gasteiger partial charge < -0.3 is 10.2 Å². The quantitative estimate of drug-likeness (QED) is 0.394. The second kappa shape index (κ2) is 10.4. The van der Waals surface area contributed by atoms with Gasteiger partial charge in [-0.25, -0.2) is 0 Å². The number of piperidine rings is 1. The molecule has 0 spiro atoms. The molecule has 1 N–H and O–H groups in total. The Kier molecular flexibility index (Phi) is 7.11. The molecule has 0 amide bonds. The third-order valence-corrected chi connectivity index (χ3v) is 7.78. The van der Waals surface area contributed by atoms with Crippen LogP contribution in [0.1, 0.15) is 67.9 Å². The van der Waals surface area contributed by atoms with E-state index < -0.39 is 0 Å². The minimum atomic E-state index is 0.210. The fourth-order valence-corrected chi connectivity index (χ4v) is 5.68. The normalized spacial score (nSPS) is 16.4. The van der Waals surface area contributed by atoms with E-state index in [-0.39, 0.29) is 5.41 Å². The lowest BCUT2D eigenvalue weighted by Gasteiger charge is -2.30. The molecule has 1 heterocycles. The minimum absolute atomic E-state index is 0.210. The van der Waals surface area contributed by atoms with Crippen LogP contribution in [0.2, 0.25) is 0 Å². The number of nitrogens with one attached hydrogen (secondary N) is 1. The molecule has 2 aliphatic rings. The molecule has 3 aromatic rings. The Morgan fingerprint density at radius 2 is 1.29 bits per heavy atom. The van der Waals surface area contributed by atoms with Crippen molar-refractivity contribution < 1.29 is 0 Å². The highest BCUT2D eigenvalue weighted by atomic mass is 15.1. The number of fused-ring (bicyclic) bond motifs is 2. The van der Waals surface area contributed by atoms with Crippen LogP contribution in [0, 0.1) is 0 Å². The van der Waals surface area contributed by atoms with Crippen molar-refractivity contribution >= 4 is 11.3 Å². The van der Waals surface area contributed by atoms with E-state index >= 15 is 0 Å². The topological polar surface area (TPSA) is 15.3 Å². The summed E-state index contributed by atoms with van der Waals surface area (Å²) in [5.41, 5.74) is 12.0. The molecule has 1 fully saturated rings. The molecule has 0 radical (unpaired) electrons. The maximum Gasteiger partial charge on any atom is 0.0340 e. The van der Waals surface area contributed by atoms with E-state index in [2.05, 4.69) is 104 Å². The first-order valence-corrected chi connectivity index (χ1v) is 13.4. The smallest absolute Gasteiger partial charge is 0.0340 e. The molecule has 5 rings (SSSR count). The molecule has 35 heavy (non-hydrogen) atoms. The molecule has 1 aliphatic carbocycles. The lowest BCUT2D eigenvalue weighted by atomic mass is 9.86. The Morgan fingerprint density at radius 3 is 1.86 bits per heavy atom. The van der Waals surface area contributed by atoms with Gasteiger partial charge in [0.2, 0.25) is 0 Å². The SMILES string of the molecule is CC(C)(C)c1ccc(NCCCN2CCC(=C3c4ccccc4CCc4ccccc43)CC2)cc1. The van der Waals surface area contributed by atoms with Gasteiger partial charge in [-0.05, 0) is 89.6 Å². The van der Waals surface area contributed by atoms with Crippen molar-refractivity contribution in [1.29, 1.82) is 0 Å². The second-order valence-electron chi connectivity index (χ2n) is 11.2. The summed E-state index contributed by atoms with van der Waals surface area (Å²) in [6.45, 7) is 11.3. The maximum atomic E-state index is 3.62. The van der Waals surface area contributed by atoms with E-state index in [1.54, 1.807) is 5.57 Å². The number of nitrogens with zero attached hydrogens (tertiary/aromatic N) is 1. The summed E-state index contributed by atoms with van der Waals surface area (Å²) in [5, 5.41) is 3.62. The predicted octanol–water partition coefficient (Wildman–Crippen LogP) is 7.48. The number of anilines is 1. The first kappa shape index (κ1) is 23.9. The molecule has 0 atom stereocenters. The number of hydrogen-bond acceptors (Lipinski definition) is 2. The lowest BCUT2D eigenvalue weighted by molar-refractivity contribution is 0.256. The summed E-state index contributed by atoms with van der Waals surface area (Å²) in [6.07, 6.45) is 5.82. The molecule has 2 nitrogen and oxygen atoms in total. The summed E-state index contributed by atoms with van der Waals surface area (Å²) >= 11 is 0. The molecule has 182 valence electrons. The average molecular weight is 465 g/mol. The van der Waals surface area contributed by atoms with Crippen LogP contribution in [-0.4, -0.2) is 31.1 Å². The van der Waals surface area contributed by atoms with Gasteiger partial charge in [0.1, 0.15) is 0 Å². The molecule has 0 bridgehead atoms. The van der Waals surface area contributed by atoms with Crippen molar-refractivity contribution in [2.24, 2.45) is 0 Å². The molecule has 1 aliphatic heterocycles. The summed E-state index contributed by atoms with van der Waals surface area (Å²) < 4.78 is 0. The van der Waals surface area contributed by atoms with Gasteiger partial charge >= 0.3 is 0 Å². The number of aryl methyl sites for hydroxylation is 2. The first-order valence-electron chi connectivity index (χ1n) is 13.4. The van der Waals surface area contributed by atoms with Crippen molar-refractivity contribution in [2.75, 3.05) is 31.5 Å². The summed E-state index contributed by atoms with van der Waals surface area (Å²) in [6, 6.07) is 27.2. The molecular weight excluding hydrogens is 424 g/mol. The summed E-state index contributed by atoms with van der Waals surface area (Å²) in [7, 11) is 0. The zero-order valence-electron chi connectivity index (χ0n) is 21.7. The van der Waals surface area contributed by atoms with Crippen molar-refractivity contribution in [3.8, 4) is 0 Å². The summed E-state index contributed by atoms with van der Waals surface area (Å²) in [5.74, 6) is 0. The molecule has 1 saturated heterocycles. The number of hydrogen-bond donors (Lipinski definition) is 1. The monoisotopic (exact) mass is 464 g/mol. The average Bonchev–Trinajstić information content (AvgIpc) is 3.04. The minimum Gasteiger partial charge on any atom is -0.385 e. The van der Waals surface area contributed by atoms with E-state index in [1.807, 2.05) is 0 Å². The van der Waals surface area contributed by atoms with Crippen LogP contribution in [0.5, 0.6) is 0 Å². The first-order chi connectivity index (χ1) is 17.0. The van der Waals surface area contributed by atoms with Crippen molar-refractivity contribution in [1.82, 2.24) is 4.90 Å². The lowest BCUT2D eigenvalue weighted by Crippen LogP contribution is -2.32. The third-order valence-electron chi connectivity index (χ3n) is 7.78. The zero-order chi connectivity index (χ0) is 24.3. The fraction of sp³-hybridized carbons (Fsp3) is 0.394. The van der Waals surface area contributed by atoms with Gasteiger partial charge in [-0.2, -0.15) is 0 Å². The highest BCUT2D eigenvalue weighted by Crippen LogP contribution is 2.38. The zero-order valence-corrected chi connectivity index (χ0v) is 21.7. The van der Waals surface area contributed by atoms with Crippen molar-refractivity contribution in [3.05, 3.63) is 106 Å². The molecule has 2 heteroatoms. The number of likely N-dealkylation sites (tertiary alicyclic amines) is 1. The van der Waals surface area contributed by atoms with Crippen LogP contribution in [-0.2, 0) is 18.3 Å². The Morgan fingerprint density at radius 1 is 0.714 bits per heavy atom. The Bertz CT molecular complexity index is 1120.